The van der Waals surface area contributed by atoms with Crippen LogP contribution < -0.4 is 10.6 Å². The summed E-state index contributed by atoms with van der Waals surface area (Å²) in [6, 6.07) is 9.08. The maximum absolute atomic E-state index is 13.6. The number of thiophene rings is 1. The van der Waals surface area contributed by atoms with Gasteiger partial charge in [-0.15, -0.1) is 11.3 Å². The van der Waals surface area contributed by atoms with E-state index >= 15 is 0 Å². The van der Waals surface area contributed by atoms with E-state index in [4.69, 9.17) is 4.98 Å². The summed E-state index contributed by atoms with van der Waals surface area (Å²) in [4.78, 5) is 8.94. The van der Waals surface area contributed by atoms with Crippen LogP contribution in [-0.4, -0.2) is 29.9 Å². The quantitative estimate of drug-likeness (QED) is 0.410. The van der Waals surface area contributed by atoms with E-state index in [1.54, 1.807) is 6.07 Å². The SMILES string of the molecule is C=c1c(-c2nc3c(-c4ccc(F)s4)cccc3[nH]2)n[nH]/c1=C/C=C(\C)c1cn(C)nc1CC. The van der Waals surface area contributed by atoms with Crippen LogP contribution in [0.25, 0.3) is 51.2 Å². The second-order valence-corrected chi connectivity index (χ2v) is 8.92. The van der Waals surface area contributed by atoms with Gasteiger partial charge in [-0.2, -0.15) is 14.6 Å². The molecule has 0 atom stereocenters. The standard InChI is InChI=1S/C25H23FN6S/c1-5-18-17(13-32(4)31-18)14(2)9-10-19-15(3)23(30-29-19)25-27-20-8-6-7-16(24(20)28-25)21-11-12-22(26)33-21/h6-13,29H,3,5H2,1-2,4H3,(H,27,28)/b14-9+,19-10+. The van der Waals surface area contributed by atoms with Crippen molar-refractivity contribution in [3.63, 3.8) is 0 Å². The number of hydrogen-bond donors (Lipinski definition) is 2. The molecule has 6 nitrogen and oxygen atoms in total. The minimum atomic E-state index is -0.217. The van der Waals surface area contributed by atoms with Crippen LogP contribution in [0.3, 0.4) is 0 Å². The molecule has 0 radical (unpaired) electrons. The Labute approximate surface area is 193 Å². The number of hydrogen-bond acceptors (Lipinski definition) is 4. The summed E-state index contributed by atoms with van der Waals surface area (Å²) in [5.74, 6) is 0.622. The minimum Gasteiger partial charge on any atom is -0.337 e. The highest BCUT2D eigenvalue weighted by Crippen LogP contribution is 2.32. The first-order valence-corrected chi connectivity index (χ1v) is 11.5. The number of nitrogens with zero attached hydrogens (tertiary/aromatic N) is 4. The van der Waals surface area contributed by atoms with Crippen LogP contribution in [0.2, 0.25) is 0 Å². The molecule has 8 heteroatoms. The fourth-order valence-electron chi connectivity index (χ4n) is 3.94. The van der Waals surface area contributed by atoms with Gasteiger partial charge in [-0.1, -0.05) is 31.7 Å². The van der Waals surface area contributed by atoms with Gasteiger partial charge in [0.15, 0.2) is 11.0 Å². The summed E-state index contributed by atoms with van der Waals surface area (Å²) in [6.45, 7) is 8.39. The third-order valence-electron chi connectivity index (χ3n) is 5.64. The van der Waals surface area contributed by atoms with Crippen molar-refractivity contribution in [2.45, 2.75) is 20.3 Å². The van der Waals surface area contributed by atoms with Gasteiger partial charge in [0.25, 0.3) is 0 Å². The highest BCUT2D eigenvalue weighted by molar-refractivity contribution is 7.14. The molecule has 0 saturated carbocycles. The molecule has 2 N–H and O–H groups in total. The number of benzene rings is 1. The van der Waals surface area contributed by atoms with Crippen LogP contribution in [0.5, 0.6) is 0 Å². The van der Waals surface area contributed by atoms with Gasteiger partial charge in [-0.25, -0.2) is 4.98 Å². The Balaban J connectivity index is 1.53. The first-order valence-electron chi connectivity index (χ1n) is 10.6. The molecule has 0 amide bonds. The lowest BCUT2D eigenvalue weighted by Crippen LogP contribution is -2.21. The van der Waals surface area contributed by atoms with E-state index in [1.807, 2.05) is 48.3 Å². The Bertz CT molecular complexity index is 1610. The Kier molecular flexibility index (Phi) is 5.30. The summed E-state index contributed by atoms with van der Waals surface area (Å²) in [7, 11) is 1.93. The fourth-order valence-corrected chi connectivity index (χ4v) is 4.69. The highest BCUT2D eigenvalue weighted by Gasteiger charge is 2.14. The van der Waals surface area contributed by atoms with Crippen molar-refractivity contribution in [3.8, 4) is 22.0 Å². The number of imidazole rings is 1. The third-order valence-corrected chi connectivity index (χ3v) is 6.55. The zero-order chi connectivity index (χ0) is 23.1. The van der Waals surface area contributed by atoms with Crippen molar-refractivity contribution < 1.29 is 4.39 Å². The lowest BCUT2D eigenvalue weighted by molar-refractivity contribution is 0.657. The van der Waals surface area contributed by atoms with Crippen LogP contribution in [0.4, 0.5) is 4.39 Å². The molecule has 4 aromatic heterocycles. The first-order chi connectivity index (χ1) is 15.9. The molecular formula is C25H23FN6S. The molecule has 0 unspecified atom stereocenters. The lowest BCUT2D eigenvalue weighted by Gasteiger charge is -1.97. The van der Waals surface area contributed by atoms with Gasteiger partial charge in [0.05, 0.1) is 22.1 Å². The molecule has 0 aliphatic heterocycles. The molecule has 4 heterocycles. The second kappa shape index (κ2) is 8.29. The van der Waals surface area contributed by atoms with E-state index in [9.17, 15) is 4.39 Å². The van der Waals surface area contributed by atoms with E-state index in [-0.39, 0.29) is 5.13 Å². The van der Waals surface area contributed by atoms with Crippen molar-refractivity contribution in [3.05, 3.63) is 69.6 Å². The van der Waals surface area contributed by atoms with Gasteiger partial charge in [0, 0.05) is 34.5 Å². The van der Waals surface area contributed by atoms with Crippen molar-refractivity contribution in [2.24, 2.45) is 7.05 Å². The molecule has 0 aliphatic rings. The van der Waals surface area contributed by atoms with Gasteiger partial charge in [0.1, 0.15) is 5.69 Å². The van der Waals surface area contributed by atoms with Gasteiger partial charge >= 0.3 is 0 Å². The molecule has 5 aromatic rings. The zero-order valence-electron chi connectivity index (χ0n) is 18.6. The molecular weight excluding hydrogens is 435 g/mol. The highest BCUT2D eigenvalue weighted by atomic mass is 32.1. The Hall–Kier alpha value is -3.78. The predicted octanol–water partition coefficient (Wildman–Crippen LogP) is 4.41. The van der Waals surface area contributed by atoms with Crippen molar-refractivity contribution in [2.75, 3.05) is 0 Å². The Morgan fingerprint density at radius 2 is 2.12 bits per heavy atom. The molecule has 0 aliphatic carbocycles. The zero-order valence-corrected chi connectivity index (χ0v) is 19.4. The topological polar surface area (TPSA) is 75.2 Å². The molecule has 0 bridgehead atoms. The van der Waals surface area contributed by atoms with Crippen LogP contribution in [0, 0.1) is 5.13 Å². The van der Waals surface area contributed by atoms with Gasteiger partial charge < -0.3 is 4.98 Å². The number of aromatic amines is 2. The van der Waals surface area contributed by atoms with E-state index < -0.39 is 0 Å². The fraction of sp³-hybridized carbons (Fsp3) is 0.160. The third kappa shape index (κ3) is 3.82. The smallest absolute Gasteiger partial charge is 0.176 e. The number of fused-ring (bicyclic) bond motifs is 1. The average Bonchev–Trinajstić information content (AvgIpc) is 3.57. The second-order valence-electron chi connectivity index (χ2n) is 7.89. The van der Waals surface area contributed by atoms with E-state index in [2.05, 4.69) is 40.7 Å². The van der Waals surface area contributed by atoms with Crippen LogP contribution in [-0.2, 0) is 13.5 Å². The Morgan fingerprint density at radius 3 is 2.88 bits per heavy atom. The van der Waals surface area contributed by atoms with E-state index in [0.29, 0.717) is 11.5 Å². The lowest BCUT2D eigenvalue weighted by atomic mass is 10.1. The number of aryl methyl sites for hydroxylation is 2. The summed E-state index contributed by atoms with van der Waals surface area (Å²) >= 11 is 1.11. The number of aromatic nitrogens is 6. The van der Waals surface area contributed by atoms with Crippen molar-refractivity contribution in [1.82, 2.24) is 29.9 Å². The monoisotopic (exact) mass is 458 g/mol. The van der Waals surface area contributed by atoms with Crippen LogP contribution in [0.15, 0.2) is 42.6 Å². The van der Waals surface area contributed by atoms with Gasteiger partial charge in [-0.3, -0.25) is 9.78 Å². The van der Waals surface area contributed by atoms with Crippen molar-refractivity contribution >= 4 is 40.6 Å². The summed E-state index contributed by atoms with van der Waals surface area (Å²) < 4.78 is 15.4. The molecule has 0 spiro atoms. The van der Waals surface area contributed by atoms with Gasteiger partial charge in [-0.05, 0) is 43.2 Å². The van der Waals surface area contributed by atoms with E-state index in [1.165, 1.54) is 6.07 Å². The van der Waals surface area contributed by atoms with Crippen molar-refractivity contribution in [1.29, 1.82) is 0 Å². The predicted molar refractivity (Wildman–Crippen MR) is 132 cm³/mol. The molecule has 33 heavy (non-hydrogen) atoms. The average molecular weight is 459 g/mol. The molecule has 166 valence electrons. The number of allylic oxidation sites excluding steroid dienone is 2. The summed E-state index contributed by atoms with van der Waals surface area (Å²) in [5.41, 5.74) is 6.51. The number of nitrogens with one attached hydrogen (secondary N) is 2. The molecule has 0 saturated heterocycles. The van der Waals surface area contributed by atoms with E-state index in [0.717, 1.165) is 66.6 Å². The number of para-hydroxylation sites is 1. The maximum atomic E-state index is 13.6. The molecule has 1 aromatic carbocycles. The summed E-state index contributed by atoms with van der Waals surface area (Å²) in [5, 5.41) is 13.4. The van der Waals surface area contributed by atoms with Crippen LogP contribution in [0.1, 0.15) is 25.1 Å². The summed E-state index contributed by atoms with van der Waals surface area (Å²) in [6.07, 6.45) is 6.93. The molecule has 0 fully saturated rings. The number of H-pyrrole nitrogens is 2. The molecule has 5 rings (SSSR count). The van der Waals surface area contributed by atoms with Crippen LogP contribution >= 0.6 is 11.3 Å². The largest absolute Gasteiger partial charge is 0.337 e. The first kappa shape index (κ1) is 21.1. The minimum absolute atomic E-state index is 0.217. The maximum Gasteiger partial charge on any atom is 0.176 e. The number of halogens is 1. The number of rotatable bonds is 5. The Morgan fingerprint density at radius 1 is 1.27 bits per heavy atom. The normalized spacial score (nSPS) is 12.8. The van der Waals surface area contributed by atoms with Gasteiger partial charge in [0.2, 0.25) is 0 Å².